The van der Waals surface area contributed by atoms with Crippen LogP contribution < -0.4 is 5.73 Å². The normalized spacial score (nSPS) is 21.4. The second kappa shape index (κ2) is 6.63. The van der Waals surface area contributed by atoms with Crippen LogP contribution in [0.1, 0.15) is 17.0 Å². The van der Waals surface area contributed by atoms with Gasteiger partial charge in [0.15, 0.2) is 0 Å². The number of rotatable bonds is 3. The molecule has 0 radical (unpaired) electrons. The lowest BCUT2D eigenvalue weighted by atomic mass is 9.95. The Hall–Kier alpha value is -1.75. The van der Waals surface area contributed by atoms with E-state index < -0.39 is 0 Å². The van der Waals surface area contributed by atoms with Gasteiger partial charge < -0.3 is 5.73 Å². The van der Waals surface area contributed by atoms with Crippen molar-refractivity contribution in [2.24, 2.45) is 5.73 Å². The zero-order valence-corrected chi connectivity index (χ0v) is 15.0. The summed E-state index contributed by atoms with van der Waals surface area (Å²) in [5.41, 5.74) is 10.1. The molecule has 0 spiro atoms. The first-order chi connectivity index (χ1) is 11.7. The number of benzene rings is 2. The monoisotopic (exact) mass is 381 g/mol. The van der Waals surface area contributed by atoms with Crippen LogP contribution in [0.4, 0.5) is 0 Å². The highest BCUT2D eigenvalue weighted by Crippen LogP contribution is 2.29. The Morgan fingerprint density at radius 1 is 1.08 bits per heavy atom. The predicted octanol–water partition coefficient (Wildman–Crippen LogP) is 3.92. The van der Waals surface area contributed by atoms with E-state index in [9.17, 15) is 0 Å². The molecular formula is C20H20BrN3. The Morgan fingerprint density at radius 2 is 1.92 bits per heavy atom. The highest BCUT2D eigenvalue weighted by molar-refractivity contribution is 9.10. The summed E-state index contributed by atoms with van der Waals surface area (Å²) in [6.45, 7) is 2.79. The van der Waals surface area contributed by atoms with Gasteiger partial charge in [-0.25, -0.2) is 0 Å². The molecule has 0 unspecified atom stereocenters. The molecule has 0 aliphatic carbocycles. The maximum Gasteiger partial charge on any atom is 0.0747 e. The number of hydrogen-bond donors (Lipinski definition) is 1. The molecule has 3 aromatic rings. The van der Waals surface area contributed by atoms with Crippen molar-refractivity contribution in [2.75, 3.05) is 13.1 Å². The fourth-order valence-electron chi connectivity index (χ4n) is 3.68. The fraction of sp³-hybridized carbons (Fsp3) is 0.250. The molecule has 0 bridgehead atoms. The molecule has 2 aromatic carbocycles. The van der Waals surface area contributed by atoms with Gasteiger partial charge in [0.05, 0.1) is 5.52 Å². The summed E-state index contributed by atoms with van der Waals surface area (Å²) in [5, 5.41) is 1.17. The molecular weight excluding hydrogens is 362 g/mol. The molecule has 24 heavy (non-hydrogen) atoms. The number of pyridine rings is 1. The maximum absolute atomic E-state index is 6.43. The summed E-state index contributed by atoms with van der Waals surface area (Å²) in [4.78, 5) is 7.02. The van der Waals surface area contributed by atoms with E-state index in [4.69, 9.17) is 5.73 Å². The number of nitrogens with two attached hydrogens (primary N) is 1. The van der Waals surface area contributed by atoms with Crippen LogP contribution in [0.3, 0.4) is 0 Å². The first kappa shape index (κ1) is 15.8. The molecule has 1 aliphatic heterocycles. The van der Waals surface area contributed by atoms with E-state index >= 15 is 0 Å². The highest BCUT2D eigenvalue weighted by atomic mass is 79.9. The van der Waals surface area contributed by atoms with Gasteiger partial charge in [0.1, 0.15) is 0 Å². The highest BCUT2D eigenvalue weighted by Gasteiger charge is 2.31. The van der Waals surface area contributed by atoms with Crippen LogP contribution in [0.2, 0.25) is 0 Å². The summed E-state index contributed by atoms with van der Waals surface area (Å²) >= 11 is 3.62. The van der Waals surface area contributed by atoms with Crippen LogP contribution in [0.15, 0.2) is 65.3 Å². The van der Waals surface area contributed by atoms with Crippen molar-refractivity contribution in [3.8, 4) is 0 Å². The number of halogens is 1. The van der Waals surface area contributed by atoms with Crippen molar-refractivity contribution in [1.29, 1.82) is 0 Å². The minimum atomic E-state index is 0.179. The smallest absolute Gasteiger partial charge is 0.0747 e. The van der Waals surface area contributed by atoms with Crippen LogP contribution in [-0.2, 0) is 6.54 Å². The van der Waals surface area contributed by atoms with Crippen molar-refractivity contribution in [3.63, 3.8) is 0 Å². The second-order valence-electron chi connectivity index (χ2n) is 6.52. The van der Waals surface area contributed by atoms with Gasteiger partial charge in [-0.1, -0.05) is 52.3 Å². The van der Waals surface area contributed by atoms with E-state index in [1.54, 1.807) is 0 Å². The fourth-order valence-corrected chi connectivity index (χ4v) is 4.21. The molecule has 2 N–H and O–H groups in total. The largest absolute Gasteiger partial charge is 0.326 e. The molecule has 2 atom stereocenters. The summed E-state index contributed by atoms with van der Waals surface area (Å²) in [7, 11) is 0. The summed E-state index contributed by atoms with van der Waals surface area (Å²) < 4.78 is 1.10. The minimum absolute atomic E-state index is 0.179. The number of fused-ring (bicyclic) bond motifs is 1. The molecule has 2 heterocycles. The van der Waals surface area contributed by atoms with Crippen LogP contribution in [0, 0.1) is 0 Å². The van der Waals surface area contributed by atoms with E-state index in [1.165, 1.54) is 16.5 Å². The van der Waals surface area contributed by atoms with Crippen LogP contribution >= 0.6 is 15.9 Å². The Morgan fingerprint density at radius 3 is 2.75 bits per heavy atom. The number of likely N-dealkylation sites (tertiary alicyclic amines) is 1. The second-order valence-corrected chi connectivity index (χ2v) is 7.43. The Kier molecular flexibility index (Phi) is 4.35. The topological polar surface area (TPSA) is 42.1 Å². The van der Waals surface area contributed by atoms with Gasteiger partial charge in [-0.2, -0.15) is 0 Å². The average Bonchev–Trinajstić information content (AvgIpc) is 2.96. The van der Waals surface area contributed by atoms with Crippen molar-refractivity contribution in [2.45, 2.75) is 18.5 Å². The first-order valence-electron chi connectivity index (χ1n) is 8.27. The predicted molar refractivity (Wildman–Crippen MR) is 102 cm³/mol. The van der Waals surface area contributed by atoms with Gasteiger partial charge in [-0.3, -0.25) is 9.88 Å². The van der Waals surface area contributed by atoms with Crippen molar-refractivity contribution >= 4 is 26.8 Å². The van der Waals surface area contributed by atoms with E-state index in [1.807, 2.05) is 12.3 Å². The molecule has 1 aliphatic rings. The summed E-state index contributed by atoms with van der Waals surface area (Å²) in [5.74, 6) is 0.401. The van der Waals surface area contributed by atoms with Gasteiger partial charge in [-0.15, -0.1) is 0 Å². The van der Waals surface area contributed by atoms with Crippen molar-refractivity contribution in [1.82, 2.24) is 9.88 Å². The lowest BCUT2D eigenvalue weighted by molar-refractivity contribution is 0.325. The third-order valence-corrected chi connectivity index (χ3v) is 5.27. The van der Waals surface area contributed by atoms with Gasteiger partial charge in [-0.05, 0) is 29.3 Å². The Bertz CT molecular complexity index is 850. The lowest BCUT2D eigenvalue weighted by Gasteiger charge is -2.17. The van der Waals surface area contributed by atoms with E-state index in [2.05, 4.69) is 74.3 Å². The third-order valence-electron chi connectivity index (χ3n) is 4.81. The average molecular weight is 382 g/mol. The van der Waals surface area contributed by atoms with Crippen LogP contribution in [0.25, 0.3) is 10.9 Å². The SMILES string of the molecule is N[C@@H]1CN(Cc2cc(Br)cc3cccnc23)C[C@H]1c1ccccc1. The molecule has 0 saturated carbocycles. The minimum Gasteiger partial charge on any atom is -0.326 e. The molecule has 122 valence electrons. The number of nitrogens with zero attached hydrogens (tertiary/aromatic N) is 2. The molecule has 0 amide bonds. The van der Waals surface area contributed by atoms with Gasteiger partial charge in [0.2, 0.25) is 0 Å². The number of aromatic nitrogens is 1. The van der Waals surface area contributed by atoms with Gasteiger partial charge in [0, 0.05) is 47.6 Å². The summed E-state index contributed by atoms with van der Waals surface area (Å²) in [6.07, 6.45) is 1.86. The molecule has 1 aromatic heterocycles. The third kappa shape index (κ3) is 3.09. The molecule has 1 saturated heterocycles. The lowest BCUT2D eigenvalue weighted by Crippen LogP contribution is -2.28. The zero-order chi connectivity index (χ0) is 16.5. The van der Waals surface area contributed by atoms with E-state index in [-0.39, 0.29) is 6.04 Å². The van der Waals surface area contributed by atoms with Crippen LogP contribution in [0.5, 0.6) is 0 Å². The standard InChI is InChI=1S/C20H20BrN3/c21-17-9-15-7-4-8-23-20(15)16(10-17)11-24-12-18(19(22)13-24)14-5-2-1-3-6-14/h1-10,18-19H,11-13,22H2/t18-,19+/m0/s1. The first-order valence-corrected chi connectivity index (χ1v) is 9.06. The molecule has 1 fully saturated rings. The van der Waals surface area contributed by atoms with E-state index in [0.717, 1.165) is 29.6 Å². The number of hydrogen-bond acceptors (Lipinski definition) is 3. The van der Waals surface area contributed by atoms with Gasteiger partial charge >= 0.3 is 0 Å². The molecule has 3 nitrogen and oxygen atoms in total. The van der Waals surface area contributed by atoms with Crippen molar-refractivity contribution in [3.05, 3.63) is 76.4 Å². The quantitative estimate of drug-likeness (QED) is 0.747. The Labute approximate surface area is 150 Å². The Balaban J connectivity index is 1.59. The van der Waals surface area contributed by atoms with Gasteiger partial charge in [0.25, 0.3) is 0 Å². The van der Waals surface area contributed by atoms with E-state index in [0.29, 0.717) is 5.92 Å². The molecule has 4 rings (SSSR count). The maximum atomic E-state index is 6.43. The summed E-state index contributed by atoms with van der Waals surface area (Å²) in [6, 6.07) is 19.2. The van der Waals surface area contributed by atoms with Crippen LogP contribution in [-0.4, -0.2) is 29.0 Å². The zero-order valence-electron chi connectivity index (χ0n) is 13.4. The molecule has 4 heteroatoms. The van der Waals surface area contributed by atoms with Crippen molar-refractivity contribution < 1.29 is 0 Å².